The normalized spacial score (nSPS) is 13.1. The second-order valence-electron chi connectivity index (χ2n) is 3.39. The van der Waals surface area contributed by atoms with E-state index >= 15 is 0 Å². The molecule has 0 saturated heterocycles. The fraction of sp³-hybridized carbons (Fsp3) is 0.222. The lowest BCUT2D eigenvalue weighted by molar-refractivity contribution is -0.138. The predicted octanol–water partition coefficient (Wildman–Crippen LogP) is 0.373. The standard InChI is InChI=1S/C9H9F2NO5S/c10-6-3-5(4-7(12)9(13)14)1-2-8(6)17-18(11,15)16/h1-3,7H,4,12H2,(H,13,14)/t7-/m0/s1. The van der Waals surface area contributed by atoms with Gasteiger partial charge in [-0.1, -0.05) is 9.95 Å². The molecule has 100 valence electrons. The second kappa shape index (κ2) is 5.27. The topological polar surface area (TPSA) is 107 Å². The van der Waals surface area contributed by atoms with Gasteiger partial charge in [-0.2, -0.15) is 8.42 Å². The van der Waals surface area contributed by atoms with Crippen LogP contribution in [-0.2, 0) is 21.7 Å². The Kier molecular flexibility index (Phi) is 4.19. The third-order valence-electron chi connectivity index (χ3n) is 1.96. The lowest BCUT2D eigenvalue weighted by Gasteiger charge is -2.08. The summed E-state index contributed by atoms with van der Waals surface area (Å²) in [5.41, 5.74) is 5.44. The van der Waals surface area contributed by atoms with E-state index in [1.54, 1.807) is 0 Å². The van der Waals surface area contributed by atoms with Crippen LogP contribution in [0.15, 0.2) is 18.2 Å². The van der Waals surface area contributed by atoms with Crippen LogP contribution in [0.4, 0.5) is 8.28 Å². The monoisotopic (exact) mass is 281 g/mol. The van der Waals surface area contributed by atoms with Gasteiger partial charge in [0.1, 0.15) is 6.04 Å². The van der Waals surface area contributed by atoms with E-state index in [1.165, 1.54) is 6.07 Å². The molecule has 0 heterocycles. The van der Waals surface area contributed by atoms with Crippen molar-refractivity contribution >= 4 is 16.5 Å². The molecule has 6 nitrogen and oxygen atoms in total. The average Bonchev–Trinajstić information content (AvgIpc) is 2.20. The molecule has 0 radical (unpaired) electrons. The van der Waals surface area contributed by atoms with Gasteiger partial charge in [-0.25, -0.2) is 4.39 Å². The summed E-state index contributed by atoms with van der Waals surface area (Å²) < 4.78 is 49.5. The number of halogens is 2. The van der Waals surface area contributed by atoms with Gasteiger partial charge in [0.25, 0.3) is 0 Å². The minimum absolute atomic E-state index is 0.158. The zero-order valence-corrected chi connectivity index (χ0v) is 9.65. The summed E-state index contributed by atoms with van der Waals surface area (Å²) in [7, 11) is -5.31. The fourth-order valence-corrected chi connectivity index (χ4v) is 1.54. The van der Waals surface area contributed by atoms with Crippen molar-refractivity contribution in [2.45, 2.75) is 12.5 Å². The molecular formula is C9H9F2NO5S. The molecule has 0 unspecified atom stereocenters. The van der Waals surface area contributed by atoms with Gasteiger partial charge in [-0.3, -0.25) is 4.79 Å². The molecule has 1 atom stereocenters. The highest BCUT2D eigenvalue weighted by Gasteiger charge is 2.16. The minimum atomic E-state index is -5.31. The van der Waals surface area contributed by atoms with Crippen LogP contribution >= 0.6 is 0 Å². The third kappa shape index (κ3) is 4.26. The van der Waals surface area contributed by atoms with Crippen molar-refractivity contribution in [3.05, 3.63) is 29.6 Å². The van der Waals surface area contributed by atoms with E-state index in [-0.39, 0.29) is 12.0 Å². The molecule has 18 heavy (non-hydrogen) atoms. The van der Waals surface area contributed by atoms with Gasteiger partial charge < -0.3 is 15.0 Å². The van der Waals surface area contributed by atoms with Crippen LogP contribution in [0.3, 0.4) is 0 Å². The van der Waals surface area contributed by atoms with Crippen LogP contribution in [0.5, 0.6) is 5.75 Å². The molecule has 1 rings (SSSR count). The molecule has 0 aliphatic heterocycles. The van der Waals surface area contributed by atoms with Crippen LogP contribution in [0, 0.1) is 5.82 Å². The molecule has 9 heteroatoms. The van der Waals surface area contributed by atoms with E-state index in [4.69, 9.17) is 10.8 Å². The smallest absolute Gasteiger partial charge is 0.480 e. The van der Waals surface area contributed by atoms with Crippen LogP contribution < -0.4 is 9.92 Å². The van der Waals surface area contributed by atoms with Crippen molar-refractivity contribution in [3.8, 4) is 5.75 Å². The Hall–Kier alpha value is -1.74. The van der Waals surface area contributed by atoms with Crippen LogP contribution in [0.25, 0.3) is 0 Å². The zero-order valence-electron chi connectivity index (χ0n) is 8.84. The Bertz CT molecular complexity index is 560. The minimum Gasteiger partial charge on any atom is -0.480 e. The van der Waals surface area contributed by atoms with Gasteiger partial charge in [-0.15, -0.1) is 0 Å². The van der Waals surface area contributed by atoms with Gasteiger partial charge in [0.2, 0.25) is 0 Å². The molecule has 1 aromatic carbocycles. The Morgan fingerprint density at radius 2 is 2.11 bits per heavy atom. The molecule has 0 fully saturated rings. The number of carbonyl (C=O) groups is 1. The first-order valence-corrected chi connectivity index (χ1v) is 5.91. The number of benzene rings is 1. The number of hydrogen-bond donors (Lipinski definition) is 2. The molecule has 0 aliphatic carbocycles. The molecule has 1 aromatic rings. The predicted molar refractivity (Wildman–Crippen MR) is 56.4 cm³/mol. The molecule has 0 bridgehead atoms. The number of carboxylic acids is 1. The zero-order chi connectivity index (χ0) is 13.9. The van der Waals surface area contributed by atoms with Gasteiger partial charge in [0, 0.05) is 0 Å². The van der Waals surface area contributed by atoms with Gasteiger partial charge in [0.15, 0.2) is 11.6 Å². The Labute approximate surface area is 101 Å². The van der Waals surface area contributed by atoms with Crippen molar-refractivity contribution in [3.63, 3.8) is 0 Å². The number of rotatable bonds is 5. The SMILES string of the molecule is N[C@@H](Cc1ccc(OS(=O)(=O)F)c(F)c1)C(=O)O. The Morgan fingerprint density at radius 1 is 1.50 bits per heavy atom. The first-order valence-electron chi connectivity index (χ1n) is 4.60. The average molecular weight is 281 g/mol. The van der Waals surface area contributed by atoms with Gasteiger partial charge >= 0.3 is 16.5 Å². The van der Waals surface area contributed by atoms with E-state index in [0.717, 1.165) is 12.1 Å². The summed E-state index contributed by atoms with van der Waals surface area (Å²) >= 11 is 0. The van der Waals surface area contributed by atoms with Crippen LogP contribution in [-0.4, -0.2) is 25.5 Å². The van der Waals surface area contributed by atoms with Crippen molar-refractivity contribution in [2.75, 3.05) is 0 Å². The Morgan fingerprint density at radius 3 is 2.56 bits per heavy atom. The van der Waals surface area contributed by atoms with E-state index < -0.39 is 34.1 Å². The Balaban J connectivity index is 2.89. The lowest BCUT2D eigenvalue weighted by Crippen LogP contribution is -2.32. The first kappa shape index (κ1) is 14.3. The summed E-state index contributed by atoms with van der Waals surface area (Å²) in [4.78, 5) is 10.5. The van der Waals surface area contributed by atoms with E-state index in [9.17, 15) is 21.5 Å². The van der Waals surface area contributed by atoms with Crippen molar-refractivity contribution < 1.29 is 30.8 Å². The number of carboxylic acid groups (broad SMARTS) is 1. The molecule has 0 saturated carbocycles. The second-order valence-corrected chi connectivity index (χ2v) is 4.34. The lowest BCUT2D eigenvalue weighted by atomic mass is 10.1. The molecule has 3 N–H and O–H groups in total. The molecule has 0 aromatic heterocycles. The highest BCUT2D eigenvalue weighted by Crippen LogP contribution is 2.21. The maximum atomic E-state index is 13.3. The largest absolute Gasteiger partial charge is 0.488 e. The van der Waals surface area contributed by atoms with E-state index in [0.29, 0.717) is 0 Å². The summed E-state index contributed by atoms with van der Waals surface area (Å²) in [6, 6.07) is 1.66. The fourth-order valence-electron chi connectivity index (χ4n) is 1.19. The highest BCUT2D eigenvalue weighted by molar-refractivity contribution is 7.81. The molecular weight excluding hydrogens is 272 g/mol. The number of hydrogen-bond acceptors (Lipinski definition) is 5. The van der Waals surface area contributed by atoms with Crippen molar-refractivity contribution in [2.24, 2.45) is 5.73 Å². The summed E-state index contributed by atoms with van der Waals surface area (Å²) in [6.45, 7) is 0. The quantitative estimate of drug-likeness (QED) is 0.755. The molecule has 0 spiro atoms. The summed E-state index contributed by atoms with van der Waals surface area (Å²) in [5.74, 6) is -3.21. The molecule has 0 aliphatic rings. The van der Waals surface area contributed by atoms with Gasteiger partial charge in [-0.05, 0) is 24.1 Å². The first-order chi connectivity index (χ1) is 8.19. The number of aliphatic carboxylic acids is 1. The summed E-state index contributed by atoms with van der Waals surface area (Å²) in [6.07, 6.45) is -0.158. The highest BCUT2D eigenvalue weighted by atomic mass is 32.3. The summed E-state index contributed by atoms with van der Waals surface area (Å²) in [5, 5.41) is 8.55. The maximum Gasteiger partial charge on any atom is 0.488 e. The molecule has 0 amide bonds. The van der Waals surface area contributed by atoms with Crippen molar-refractivity contribution in [1.29, 1.82) is 0 Å². The van der Waals surface area contributed by atoms with Gasteiger partial charge in [0.05, 0.1) is 0 Å². The van der Waals surface area contributed by atoms with Crippen molar-refractivity contribution in [1.82, 2.24) is 0 Å². The van der Waals surface area contributed by atoms with E-state index in [1.807, 2.05) is 0 Å². The number of nitrogens with two attached hydrogens (primary N) is 1. The van der Waals surface area contributed by atoms with Crippen LogP contribution in [0.2, 0.25) is 0 Å². The maximum absolute atomic E-state index is 13.3. The third-order valence-corrected chi connectivity index (χ3v) is 2.34. The van der Waals surface area contributed by atoms with Crippen LogP contribution in [0.1, 0.15) is 5.56 Å². The van der Waals surface area contributed by atoms with E-state index in [2.05, 4.69) is 4.18 Å².